The van der Waals surface area contributed by atoms with E-state index in [0.717, 1.165) is 22.5 Å². The molecule has 0 saturated carbocycles. The van der Waals surface area contributed by atoms with Crippen molar-refractivity contribution in [2.24, 2.45) is 0 Å². The Hall–Kier alpha value is -2.74. The van der Waals surface area contributed by atoms with Gasteiger partial charge in [0, 0.05) is 24.5 Å². The number of hydrogen-bond acceptors (Lipinski definition) is 6. The highest BCUT2D eigenvalue weighted by Gasteiger charge is 2.43. The molecule has 3 heterocycles. The summed E-state index contributed by atoms with van der Waals surface area (Å²) in [5, 5.41) is 31.3. The van der Waals surface area contributed by atoms with Crippen molar-refractivity contribution >= 4 is 5.69 Å². The number of H-pyrrole nitrogens is 1. The number of aromatic amines is 1. The number of ether oxygens (including phenoxy) is 1. The van der Waals surface area contributed by atoms with Gasteiger partial charge in [-0.15, -0.1) is 0 Å². The van der Waals surface area contributed by atoms with E-state index >= 15 is 0 Å². The monoisotopic (exact) mass is 366 g/mol. The van der Waals surface area contributed by atoms with E-state index < -0.39 is 24.4 Å². The van der Waals surface area contributed by atoms with Crippen molar-refractivity contribution in [1.29, 1.82) is 0 Å². The number of benzene rings is 1. The number of pyridine rings is 1. The van der Waals surface area contributed by atoms with Gasteiger partial charge in [0.25, 0.3) is 0 Å². The van der Waals surface area contributed by atoms with Crippen molar-refractivity contribution in [3.05, 3.63) is 66.1 Å². The molecule has 0 aliphatic carbocycles. The van der Waals surface area contributed by atoms with Crippen molar-refractivity contribution in [3.63, 3.8) is 0 Å². The SMILES string of the molecule is C[C@@H]1O[C@@H](c2[nH]nc(-c3ccccc3)c2NCc2cccnc2)[C@H](O)[C@@H]1O. The fraction of sp³-hybridized carbons (Fsp3) is 0.300. The van der Waals surface area contributed by atoms with Gasteiger partial charge in [-0.25, -0.2) is 0 Å². The molecule has 0 amide bonds. The third-order valence-electron chi connectivity index (χ3n) is 4.82. The lowest BCUT2D eigenvalue weighted by molar-refractivity contribution is 0.0129. The summed E-state index contributed by atoms with van der Waals surface area (Å²) in [5.41, 5.74) is 4.06. The van der Waals surface area contributed by atoms with Crippen LogP contribution in [0.25, 0.3) is 11.3 Å². The molecule has 7 heteroatoms. The van der Waals surface area contributed by atoms with E-state index in [4.69, 9.17) is 4.74 Å². The maximum absolute atomic E-state index is 10.4. The minimum absolute atomic E-state index is 0.459. The van der Waals surface area contributed by atoms with Crippen molar-refractivity contribution < 1.29 is 14.9 Å². The Labute approximate surface area is 157 Å². The van der Waals surface area contributed by atoms with Gasteiger partial charge >= 0.3 is 0 Å². The normalized spacial score (nSPS) is 24.9. The van der Waals surface area contributed by atoms with Crippen LogP contribution in [0.5, 0.6) is 0 Å². The summed E-state index contributed by atoms with van der Waals surface area (Å²) in [4.78, 5) is 4.14. The molecule has 27 heavy (non-hydrogen) atoms. The highest BCUT2D eigenvalue weighted by molar-refractivity contribution is 5.76. The second kappa shape index (κ2) is 7.48. The molecular weight excluding hydrogens is 344 g/mol. The Morgan fingerprint density at radius 2 is 1.93 bits per heavy atom. The number of rotatable bonds is 5. The number of aromatic nitrogens is 3. The van der Waals surface area contributed by atoms with E-state index in [1.807, 2.05) is 42.5 Å². The molecule has 1 saturated heterocycles. The van der Waals surface area contributed by atoms with Gasteiger partial charge in [0.15, 0.2) is 0 Å². The number of hydrogen-bond donors (Lipinski definition) is 4. The smallest absolute Gasteiger partial charge is 0.130 e. The fourth-order valence-corrected chi connectivity index (χ4v) is 3.33. The summed E-state index contributed by atoms with van der Waals surface area (Å²) in [6.07, 6.45) is 0.415. The molecule has 2 aromatic heterocycles. The minimum Gasteiger partial charge on any atom is -0.388 e. The average molecular weight is 366 g/mol. The number of anilines is 1. The fourth-order valence-electron chi connectivity index (χ4n) is 3.33. The number of aliphatic hydroxyl groups is 2. The summed E-state index contributed by atoms with van der Waals surface area (Å²) in [6.45, 7) is 2.28. The molecule has 4 rings (SSSR count). The van der Waals surface area contributed by atoms with Crippen LogP contribution in [0.3, 0.4) is 0 Å². The quantitative estimate of drug-likeness (QED) is 0.552. The van der Waals surface area contributed by atoms with Gasteiger partial charge in [-0.1, -0.05) is 36.4 Å². The van der Waals surface area contributed by atoms with Crippen LogP contribution in [0.15, 0.2) is 54.9 Å². The Morgan fingerprint density at radius 1 is 1.11 bits per heavy atom. The maximum Gasteiger partial charge on any atom is 0.130 e. The second-order valence-electron chi connectivity index (χ2n) is 6.68. The Morgan fingerprint density at radius 3 is 2.59 bits per heavy atom. The summed E-state index contributed by atoms with van der Waals surface area (Å²) >= 11 is 0. The zero-order valence-corrected chi connectivity index (χ0v) is 14.9. The lowest BCUT2D eigenvalue weighted by Crippen LogP contribution is -2.29. The first-order valence-corrected chi connectivity index (χ1v) is 8.93. The third-order valence-corrected chi connectivity index (χ3v) is 4.82. The minimum atomic E-state index is -1.02. The van der Waals surface area contributed by atoms with Crippen LogP contribution in [-0.2, 0) is 11.3 Å². The van der Waals surface area contributed by atoms with Gasteiger partial charge in [-0.3, -0.25) is 10.1 Å². The predicted molar refractivity (Wildman–Crippen MR) is 101 cm³/mol. The van der Waals surface area contributed by atoms with Crippen LogP contribution >= 0.6 is 0 Å². The zero-order chi connectivity index (χ0) is 18.8. The Kier molecular flexibility index (Phi) is 4.89. The molecule has 0 unspecified atom stereocenters. The summed E-state index contributed by atoms with van der Waals surface area (Å²) < 4.78 is 5.79. The van der Waals surface area contributed by atoms with E-state index in [1.165, 1.54) is 0 Å². The first kappa shape index (κ1) is 17.7. The van der Waals surface area contributed by atoms with Crippen LogP contribution in [0, 0.1) is 0 Å². The summed E-state index contributed by atoms with van der Waals surface area (Å²) in [5.74, 6) is 0. The number of aliphatic hydroxyl groups excluding tert-OH is 2. The van der Waals surface area contributed by atoms with E-state index in [9.17, 15) is 10.2 Å². The van der Waals surface area contributed by atoms with Crippen LogP contribution in [0.4, 0.5) is 5.69 Å². The Balaban J connectivity index is 1.70. The molecule has 0 spiro atoms. The maximum atomic E-state index is 10.4. The molecular formula is C20H22N4O3. The number of nitrogens with zero attached hydrogens (tertiary/aromatic N) is 2. The van der Waals surface area contributed by atoms with Crippen molar-refractivity contribution in [2.45, 2.75) is 37.9 Å². The lowest BCUT2D eigenvalue weighted by atomic mass is 10.0. The number of nitrogens with one attached hydrogen (secondary N) is 2. The molecule has 1 aliphatic rings. The Bertz CT molecular complexity index is 885. The molecule has 1 fully saturated rings. The molecule has 140 valence electrons. The van der Waals surface area contributed by atoms with Gasteiger partial charge in [0.05, 0.1) is 17.5 Å². The zero-order valence-electron chi connectivity index (χ0n) is 14.9. The third kappa shape index (κ3) is 3.44. The van der Waals surface area contributed by atoms with E-state index in [2.05, 4.69) is 20.5 Å². The molecule has 0 bridgehead atoms. The molecule has 0 radical (unpaired) electrons. The van der Waals surface area contributed by atoms with Gasteiger partial charge in [-0.05, 0) is 18.6 Å². The van der Waals surface area contributed by atoms with Crippen molar-refractivity contribution in [2.75, 3.05) is 5.32 Å². The van der Waals surface area contributed by atoms with Crippen LogP contribution in [0.1, 0.15) is 24.3 Å². The topological polar surface area (TPSA) is 103 Å². The van der Waals surface area contributed by atoms with Crippen molar-refractivity contribution in [3.8, 4) is 11.3 Å². The van der Waals surface area contributed by atoms with Gasteiger partial charge < -0.3 is 20.3 Å². The molecule has 1 aliphatic heterocycles. The summed E-state index contributed by atoms with van der Waals surface area (Å²) in [6, 6.07) is 13.6. The first-order valence-electron chi connectivity index (χ1n) is 8.93. The van der Waals surface area contributed by atoms with Gasteiger partial charge in [0.2, 0.25) is 0 Å². The van der Waals surface area contributed by atoms with Gasteiger partial charge in [0.1, 0.15) is 24.0 Å². The average Bonchev–Trinajstić information content (AvgIpc) is 3.24. The molecule has 1 aromatic carbocycles. The standard InChI is InChI=1S/C20H22N4O3/c1-12-18(25)19(26)20(27-12)17-16(22-11-13-6-5-9-21-10-13)15(23-24-17)14-7-3-2-4-8-14/h2-10,12,18-20,22,25-26H,11H2,1H3,(H,23,24)/t12-,18+,19+,20-/m0/s1. The van der Waals surface area contributed by atoms with Crippen LogP contribution in [0.2, 0.25) is 0 Å². The van der Waals surface area contributed by atoms with Crippen molar-refractivity contribution in [1.82, 2.24) is 15.2 Å². The molecule has 4 atom stereocenters. The van der Waals surface area contributed by atoms with Gasteiger partial charge in [-0.2, -0.15) is 5.10 Å². The first-order chi connectivity index (χ1) is 13.1. The molecule has 4 N–H and O–H groups in total. The largest absolute Gasteiger partial charge is 0.388 e. The van der Waals surface area contributed by atoms with Crippen LogP contribution in [-0.4, -0.2) is 43.7 Å². The highest BCUT2D eigenvalue weighted by atomic mass is 16.5. The highest BCUT2D eigenvalue weighted by Crippen LogP contribution is 2.39. The lowest BCUT2D eigenvalue weighted by Gasteiger charge is -2.16. The summed E-state index contributed by atoms with van der Waals surface area (Å²) in [7, 11) is 0. The van der Waals surface area contributed by atoms with Crippen LogP contribution < -0.4 is 5.32 Å². The van der Waals surface area contributed by atoms with E-state index in [0.29, 0.717) is 12.2 Å². The molecule has 7 nitrogen and oxygen atoms in total. The molecule has 3 aromatic rings. The predicted octanol–water partition coefficient (Wildman–Crippen LogP) is 2.27. The van der Waals surface area contributed by atoms with E-state index in [1.54, 1.807) is 19.3 Å². The second-order valence-corrected chi connectivity index (χ2v) is 6.68. The van der Waals surface area contributed by atoms with E-state index in [-0.39, 0.29) is 0 Å².